The summed E-state index contributed by atoms with van der Waals surface area (Å²) < 4.78 is 1.06. The van der Waals surface area contributed by atoms with Crippen molar-refractivity contribution in [2.75, 3.05) is 6.26 Å². The van der Waals surface area contributed by atoms with Crippen molar-refractivity contribution < 1.29 is 4.79 Å². The normalized spacial score (nSPS) is 17.5. The summed E-state index contributed by atoms with van der Waals surface area (Å²) in [5, 5.41) is 16.3. The van der Waals surface area contributed by atoms with Crippen molar-refractivity contribution in [3.8, 4) is 6.07 Å². The van der Waals surface area contributed by atoms with E-state index >= 15 is 0 Å². The summed E-state index contributed by atoms with van der Waals surface area (Å²) in [5.74, 6) is -0.170. The van der Waals surface area contributed by atoms with Crippen molar-refractivity contribution in [1.82, 2.24) is 20.1 Å². The van der Waals surface area contributed by atoms with Crippen molar-refractivity contribution in [3.63, 3.8) is 0 Å². The van der Waals surface area contributed by atoms with Crippen LogP contribution in [-0.2, 0) is 11.3 Å². The predicted molar refractivity (Wildman–Crippen MR) is 69.5 cm³/mol. The van der Waals surface area contributed by atoms with Gasteiger partial charge in [0.1, 0.15) is 12.1 Å². The molecule has 0 aliphatic heterocycles. The van der Waals surface area contributed by atoms with Gasteiger partial charge in [0.05, 0.1) is 6.07 Å². The summed E-state index contributed by atoms with van der Waals surface area (Å²) in [6, 6.07) is 2.14. The topological polar surface area (TPSA) is 104 Å². The van der Waals surface area contributed by atoms with Crippen LogP contribution in [0.4, 0.5) is 0 Å². The van der Waals surface area contributed by atoms with E-state index in [4.69, 9.17) is 5.26 Å². The molecule has 1 aliphatic rings. The number of aromatic amines is 1. The Labute approximate surface area is 114 Å². The minimum absolute atomic E-state index is 0.181. The van der Waals surface area contributed by atoms with Crippen molar-refractivity contribution in [2.45, 2.75) is 37.0 Å². The van der Waals surface area contributed by atoms with Gasteiger partial charge in [0.15, 0.2) is 5.16 Å². The lowest BCUT2D eigenvalue weighted by Crippen LogP contribution is -2.48. The molecular weight excluding hydrogens is 266 g/mol. The number of nitrogens with zero attached hydrogens (tertiary/aromatic N) is 3. The Hall–Kier alpha value is -1.75. The molecule has 2 N–H and O–H groups in total. The number of hydrogen-bond acceptors (Lipinski definition) is 5. The highest BCUT2D eigenvalue weighted by Crippen LogP contribution is 2.39. The van der Waals surface area contributed by atoms with Crippen LogP contribution in [0.3, 0.4) is 0 Å². The van der Waals surface area contributed by atoms with Gasteiger partial charge in [-0.1, -0.05) is 11.8 Å². The van der Waals surface area contributed by atoms with Crippen molar-refractivity contribution in [3.05, 3.63) is 10.5 Å². The second-order valence-corrected chi connectivity index (χ2v) is 5.53. The van der Waals surface area contributed by atoms with Gasteiger partial charge in [0.25, 0.3) is 0 Å². The van der Waals surface area contributed by atoms with E-state index in [0.717, 1.165) is 17.5 Å². The zero-order valence-corrected chi connectivity index (χ0v) is 11.6. The first-order valence-electron chi connectivity index (χ1n) is 5.92. The Morgan fingerprint density at radius 3 is 2.89 bits per heavy atom. The third-order valence-electron chi connectivity index (χ3n) is 3.17. The minimum Gasteiger partial charge on any atom is -0.336 e. The molecule has 1 aromatic heterocycles. The van der Waals surface area contributed by atoms with Gasteiger partial charge in [-0.3, -0.25) is 9.78 Å². The van der Waals surface area contributed by atoms with Gasteiger partial charge in [-0.25, -0.2) is 9.48 Å². The van der Waals surface area contributed by atoms with E-state index in [1.165, 1.54) is 11.8 Å². The van der Waals surface area contributed by atoms with Crippen LogP contribution in [0.25, 0.3) is 0 Å². The van der Waals surface area contributed by atoms with Crippen LogP contribution < -0.4 is 11.0 Å². The van der Waals surface area contributed by atoms with Gasteiger partial charge in [0, 0.05) is 0 Å². The molecule has 0 aromatic carbocycles. The lowest BCUT2D eigenvalue weighted by Gasteiger charge is -2.22. The number of rotatable bonds is 5. The number of amides is 1. The van der Waals surface area contributed by atoms with Crippen molar-refractivity contribution in [1.29, 1.82) is 5.26 Å². The highest BCUT2D eigenvalue weighted by molar-refractivity contribution is 7.98. The molecule has 1 heterocycles. The number of nitrogens with one attached hydrogen (secondary N) is 2. The largest absolute Gasteiger partial charge is 0.344 e. The molecule has 0 spiro atoms. The average molecular weight is 281 g/mol. The number of thioether (sulfide) groups is 1. The third-order valence-corrected chi connectivity index (χ3v) is 3.74. The van der Waals surface area contributed by atoms with E-state index in [1.54, 1.807) is 13.2 Å². The number of H-pyrrole nitrogens is 1. The SMILES string of the molecule is CSc1nn(CC(=O)NC(C)(C#N)C2CC2)c(=O)[nH]1. The molecular formula is C11H15N5O2S. The van der Waals surface area contributed by atoms with E-state index < -0.39 is 11.2 Å². The molecule has 1 amide bonds. The number of nitriles is 1. The fourth-order valence-corrected chi connectivity index (χ4v) is 2.25. The molecule has 1 unspecified atom stereocenters. The second kappa shape index (κ2) is 5.09. The number of carbonyl (C=O) groups excluding carboxylic acids is 1. The molecule has 0 bridgehead atoms. The Balaban J connectivity index is 2.03. The molecule has 8 heteroatoms. The fourth-order valence-electron chi connectivity index (χ4n) is 1.88. The molecule has 1 aromatic rings. The summed E-state index contributed by atoms with van der Waals surface area (Å²) in [4.78, 5) is 25.9. The first-order chi connectivity index (χ1) is 8.98. The standard InChI is InChI=1S/C11H15N5O2S/c1-11(6-12,7-3-4-7)14-8(17)5-16-10(18)13-9(15-16)19-2/h7H,3-5H2,1-2H3,(H,14,17)(H,13,15,18). The molecule has 0 radical (unpaired) electrons. The van der Waals surface area contributed by atoms with Crippen molar-refractivity contribution >= 4 is 17.7 Å². The van der Waals surface area contributed by atoms with Crippen LogP contribution >= 0.6 is 11.8 Å². The Morgan fingerprint density at radius 2 is 2.42 bits per heavy atom. The summed E-state index contributed by atoms with van der Waals surface area (Å²) in [5.41, 5.74) is -1.27. The maximum Gasteiger partial charge on any atom is 0.344 e. The monoisotopic (exact) mass is 281 g/mol. The predicted octanol–water partition coefficient (Wildman–Crippen LogP) is 0.102. The summed E-state index contributed by atoms with van der Waals surface area (Å²) in [6.45, 7) is 1.53. The lowest BCUT2D eigenvalue weighted by molar-refractivity contribution is -0.123. The highest BCUT2D eigenvalue weighted by Gasteiger charge is 2.43. The van der Waals surface area contributed by atoms with Crippen LogP contribution in [0.5, 0.6) is 0 Å². The average Bonchev–Trinajstić information content (AvgIpc) is 3.16. The Morgan fingerprint density at radius 1 is 1.74 bits per heavy atom. The van der Waals surface area contributed by atoms with Gasteiger partial charge in [-0.05, 0) is 31.9 Å². The minimum atomic E-state index is -0.848. The van der Waals surface area contributed by atoms with Gasteiger partial charge in [-0.15, -0.1) is 5.10 Å². The Kier molecular flexibility index (Phi) is 3.66. The fraction of sp³-hybridized carbons (Fsp3) is 0.636. The second-order valence-electron chi connectivity index (χ2n) is 4.73. The summed E-state index contributed by atoms with van der Waals surface area (Å²) in [6.07, 6.45) is 3.68. The molecule has 1 saturated carbocycles. The lowest BCUT2D eigenvalue weighted by atomic mass is 9.98. The van der Waals surface area contributed by atoms with E-state index in [-0.39, 0.29) is 18.4 Å². The molecule has 1 aliphatic carbocycles. The third kappa shape index (κ3) is 2.98. The van der Waals surface area contributed by atoms with Crippen LogP contribution in [-0.4, -0.2) is 32.5 Å². The Bertz CT molecular complexity index is 583. The van der Waals surface area contributed by atoms with Crippen LogP contribution in [0.15, 0.2) is 9.95 Å². The van der Waals surface area contributed by atoms with Crippen LogP contribution in [0.1, 0.15) is 19.8 Å². The molecule has 19 heavy (non-hydrogen) atoms. The first kappa shape index (κ1) is 13.7. The van der Waals surface area contributed by atoms with E-state index in [2.05, 4.69) is 21.5 Å². The van der Waals surface area contributed by atoms with Gasteiger partial charge in [-0.2, -0.15) is 5.26 Å². The number of hydrogen-bond donors (Lipinski definition) is 2. The van der Waals surface area contributed by atoms with E-state index in [0.29, 0.717) is 5.16 Å². The van der Waals surface area contributed by atoms with Crippen LogP contribution in [0.2, 0.25) is 0 Å². The van der Waals surface area contributed by atoms with Gasteiger partial charge < -0.3 is 5.32 Å². The van der Waals surface area contributed by atoms with Gasteiger partial charge in [0.2, 0.25) is 5.91 Å². The molecule has 1 atom stereocenters. The number of aromatic nitrogens is 3. The zero-order chi connectivity index (χ0) is 14.0. The maximum atomic E-state index is 11.9. The van der Waals surface area contributed by atoms with Crippen LogP contribution in [0, 0.1) is 17.2 Å². The molecule has 0 saturated heterocycles. The van der Waals surface area contributed by atoms with E-state index in [1.807, 2.05) is 0 Å². The van der Waals surface area contributed by atoms with Crippen molar-refractivity contribution in [2.24, 2.45) is 5.92 Å². The van der Waals surface area contributed by atoms with Gasteiger partial charge >= 0.3 is 5.69 Å². The number of carbonyl (C=O) groups is 1. The molecule has 2 rings (SSSR count). The zero-order valence-electron chi connectivity index (χ0n) is 10.8. The smallest absolute Gasteiger partial charge is 0.336 e. The highest BCUT2D eigenvalue weighted by atomic mass is 32.2. The summed E-state index contributed by atoms with van der Waals surface area (Å²) >= 11 is 1.29. The first-order valence-corrected chi connectivity index (χ1v) is 7.14. The molecule has 1 fully saturated rings. The summed E-state index contributed by atoms with van der Waals surface area (Å²) in [7, 11) is 0. The molecule has 7 nitrogen and oxygen atoms in total. The molecule has 102 valence electrons. The van der Waals surface area contributed by atoms with E-state index in [9.17, 15) is 9.59 Å². The quantitative estimate of drug-likeness (QED) is 0.745. The maximum absolute atomic E-state index is 11.9.